The number of thiazole rings is 1. The van der Waals surface area contributed by atoms with Crippen LogP contribution in [0.1, 0.15) is 11.5 Å². The molecule has 1 aliphatic rings. The van der Waals surface area contributed by atoms with Gasteiger partial charge in [-0.2, -0.15) is 0 Å². The molecule has 1 fully saturated rings. The van der Waals surface area contributed by atoms with Crippen molar-refractivity contribution >= 4 is 27.6 Å². The third-order valence-electron chi connectivity index (χ3n) is 3.93. The van der Waals surface area contributed by atoms with Crippen molar-refractivity contribution in [3.05, 3.63) is 35.2 Å². The fraction of sp³-hybridized carbons (Fsp3) is 0.400. The number of pyridine rings is 1. The van der Waals surface area contributed by atoms with Crippen LogP contribution in [0.15, 0.2) is 23.7 Å². The largest absolute Gasteiger partial charge is 0.346 e. The number of piperazine rings is 1. The van der Waals surface area contributed by atoms with E-state index in [1.54, 1.807) is 17.5 Å². The first-order valence-corrected chi connectivity index (χ1v) is 8.35. The molecule has 1 saturated heterocycles. The molecule has 0 amide bonds. The average molecular weight is 314 g/mol. The zero-order chi connectivity index (χ0) is 14.9. The molecule has 0 spiro atoms. The van der Waals surface area contributed by atoms with E-state index in [4.69, 9.17) is 0 Å². The van der Waals surface area contributed by atoms with Crippen molar-refractivity contribution in [2.45, 2.75) is 13.5 Å². The molecule has 6 nitrogen and oxygen atoms in total. The Bertz CT molecular complexity index is 738. The highest BCUT2D eigenvalue weighted by molar-refractivity contribution is 7.13. The van der Waals surface area contributed by atoms with Crippen molar-refractivity contribution in [1.29, 1.82) is 0 Å². The van der Waals surface area contributed by atoms with Crippen LogP contribution in [0.25, 0.3) is 11.2 Å². The fourth-order valence-corrected chi connectivity index (χ4v) is 3.62. The number of fused-ring (bicyclic) bond motifs is 1. The molecule has 4 heterocycles. The minimum absolute atomic E-state index is 0.800. The number of aromatic amines is 1. The van der Waals surface area contributed by atoms with Gasteiger partial charge < -0.3 is 9.88 Å². The van der Waals surface area contributed by atoms with Crippen LogP contribution >= 0.6 is 11.3 Å². The number of H-pyrrole nitrogens is 1. The van der Waals surface area contributed by atoms with Crippen LogP contribution in [0.5, 0.6) is 0 Å². The summed E-state index contributed by atoms with van der Waals surface area (Å²) in [5.74, 6) is 0.993. The Morgan fingerprint density at radius 1 is 1.23 bits per heavy atom. The molecule has 0 unspecified atom stereocenters. The molecule has 22 heavy (non-hydrogen) atoms. The van der Waals surface area contributed by atoms with E-state index in [0.717, 1.165) is 60.5 Å². The van der Waals surface area contributed by atoms with Gasteiger partial charge in [-0.05, 0) is 19.1 Å². The minimum Gasteiger partial charge on any atom is -0.346 e. The molecule has 0 aromatic carbocycles. The molecule has 0 radical (unpaired) electrons. The van der Waals surface area contributed by atoms with Gasteiger partial charge in [0.25, 0.3) is 0 Å². The zero-order valence-electron chi connectivity index (χ0n) is 12.5. The summed E-state index contributed by atoms with van der Waals surface area (Å²) in [5.41, 5.74) is 2.92. The quantitative estimate of drug-likeness (QED) is 0.802. The summed E-state index contributed by atoms with van der Waals surface area (Å²) in [6.45, 7) is 7.00. The Balaban J connectivity index is 1.39. The predicted molar refractivity (Wildman–Crippen MR) is 88.2 cm³/mol. The third kappa shape index (κ3) is 2.69. The molecule has 114 valence electrons. The van der Waals surface area contributed by atoms with Gasteiger partial charge in [-0.1, -0.05) is 0 Å². The van der Waals surface area contributed by atoms with Crippen molar-refractivity contribution in [1.82, 2.24) is 24.8 Å². The van der Waals surface area contributed by atoms with E-state index in [0.29, 0.717) is 0 Å². The fourth-order valence-electron chi connectivity index (χ4n) is 2.77. The lowest BCUT2D eigenvalue weighted by Gasteiger charge is -2.34. The lowest BCUT2D eigenvalue weighted by atomic mass is 10.3. The van der Waals surface area contributed by atoms with Crippen LogP contribution in [0.2, 0.25) is 0 Å². The topological polar surface area (TPSA) is 60.9 Å². The first-order valence-electron chi connectivity index (χ1n) is 7.47. The molecular formula is C15H18N6S. The average Bonchev–Trinajstić information content (AvgIpc) is 3.13. The van der Waals surface area contributed by atoms with Gasteiger partial charge in [0, 0.05) is 37.8 Å². The number of aryl methyl sites for hydroxylation is 1. The Morgan fingerprint density at radius 3 is 2.82 bits per heavy atom. The van der Waals surface area contributed by atoms with Gasteiger partial charge in [0.2, 0.25) is 0 Å². The highest BCUT2D eigenvalue weighted by Gasteiger charge is 2.20. The van der Waals surface area contributed by atoms with E-state index < -0.39 is 0 Å². The van der Waals surface area contributed by atoms with E-state index >= 15 is 0 Å². The standard InChI is InChI=1S/C15H18N6S/c1-11-10-22-15(17-11)21-7-5-20(6-8-21)9-13-18-12-3-2-4-16-14(12)19-13/h2-4,10H,5-9H2,1H3,(H,16,18,19). The SMILES string of the molecule is Cc1csc(N2CCN(Cc3nc4ncccc4[nH]3)CC2)n1. The van der Waals surface area contributed by atoms with Gasteiger partial charge in [-0.15, -0.1) is 11.3 Å². The van der Waals surface area contributed by atoms with E-state index in [1.807, 2.05) is 19.1 Å². The molecule has 1 N–H and O–H groups in total. The second kappa shape index (κ2) is 5.66. The predicted octanol–water partition coefficient (Wildman–Crippen LogP) is 2.05. The first-order chi connectivity index (χ1) is 10.8. The molecule has 3 aromatic rings. The van der Waals surface area contributed by atoms with Crippen molar-refractivity contribution in [3.8, 4) is 0 Å². The van der Waals surface area contributed by atoms with Gasteiger partial charge in [0.15, 0.2) is 10.8 Å². The maximum atomic E-state index is 4.57. The minimum atomic E-state index is 0.800. The molecule has 0 aliphatic carbocycles. The van der Waals surface area contributed by atoms with Gasteiger partial charge in [-0.3, -0.25) is 4.90 Å². The number of hydrogen-bond donors (Lipinski definition) is 1. The van der Waals surface area contributed by atoms with E-state index in [9.17, 15) is 0 Å². The maximum absolute atomic E-state index is 4.57. The smallest absolute Gasteiger partial charge is 0.185 e. The summed E-state index contributed by atoms with van der Waals surface area (Å²) < 4.78 is 0. The summed E-state index contributed by atoms with van der Waals surface area (Å²) in [5, 5.41) is 3.26. The zero-order valence-corrected chi connectivity index (χ0v) is 13.3. The molecule has 1 aliphatic heterocycles. The summed E-state index contributed by atoms with van der Waals surface area (Å²) >= 11 is 1.73. The first kappa shape index (κ1) is 13.7. The summed E-state index contributed by atoms with van der Waals surface area (Å²) in [6, 6.07) is 3.95. The number of hydrogen-bond acceptors (Lipinski definition) is 6. The summed E-state index contributed by atoms with van der Waals surface area (Å²) in [4.78, 5) is 21.5. The molecular weight excluding hydrogens is 296 g/mol. The van der Waals surface area contributed by atoms with Gasteiger partial charge >= 0.3 is 0 Å². The monoisotopic (exact) mass is 314 g/mol. The van der Waals surface area contributed by atoms with E-state index in [1.165, 1.54) is 0 Å². The van der Waals surface area contributed by atoms with Crippen LogP contribution in [0.4, 0.5) is 5.13 Å². The van der Waals surface area contributed by atoms with Crippen molar-refractivity contribution in [2.24, 2.45) is 0 Å². The second-order valence-corrected chi connectivity index (χ2v) is 6.43. The normalized spacial score (nSPS) is 16.5. The lowest BCUT2D eigenvalue weighted by Crippen LogP contribution is -2.46. The van der Waals surface area contributed by atoms with Crippen LogP contribution in [0, 0.1) is 6.92 Å². The molecule has 0 atom stereocenters. The molecule has 0 bridgehead atoms. The highest BCUT2D eigenvalue weighted by atomic mass is 32.1. The van der Waals surface area contributed by atoms with Crippen LogP contribution in [-0.4, -0.2) is 51.0 Å². The number of imidazole rings is 1. The third-order valence-corrected chi connectivity index (χ3v) is 4.95. The van der Waals surface area contributed by atoms with Crippen LogP contribution < -0.4 is 4.90 Å². The van der Waals surface area contributed by atoms with E-state index in [2.05, 4.69) is 35.1 Å². The molecule has 3 aromatic heterocycles. The summed E-state index contributed by atoms with van der Waals surface area (Å²) in [6.07, 6.45) is 1.78. The van der Waals surface area contributed by atoms with Gasteiger partial charge in [0.1, 0.15) is 5.82 Å². The number of aromatic nitrogens is 4. The Kier molecular flexibility index (Phi) is 3.51. The van der Waals surface area contributed by atoms with Crippen molar-refractivity contribution in [2.75, 3.05) is 31.1 Å². The Labute approximate surface area is 132 Å². The Hall–Kier alpha value is -1.99. The number of nitrogens with zero attached hydrogens (tertiary/aromatic N) is 5. The van der Waals surface area contributed by atoms with Crippen LogP contribution in [0.3, 0.4) is 0 Å². The Morgan fingerprint density at radius 2 is 2.09 bits per heavy atom. The number of rotatable bonds is 3. The summed E-state index contributed by atoms with van der Waals surface area (Å²) in [7, 11) is 0. The van der Waals surface area contributed by atoms with Gasteiger partial charge in [0.05, 0.1) is 17.8 Å². The molecule has 0 saturated carbocycles. The van der Waals surface area contributed by atoms with Crippen molar-refractivity contribution in [3.63, 3.8) is 0 Å². The van der Waals surface area contributed by atoms with Gasteiger partial charge in [-0.25, -0.2) is 15.0 Å². The highest BCUT2D eigenvalue weighted by Crippen LogP contribution is 2.21. The lowest BCUT2D eigenvalue weighted by molar-refractivity contribution is 0.245. The van der Waals surface area contributed by atoms with Crippen LogP contribution in [-0.2, 0) is 6.54 Å². The second-order valence-electron chi connectivity index (χ2n) is 5.59. The van der Waals surface area contributed by atoms with Crippen molar-refractivity contribution < 1.29 is 0 Å². The number of nitrogens with one attached hydrogen (secondary N) is 1. The van der Waals surface area contributed by atoms with E-state index in [-0.39, 0.29) is 0 Å². The molecule has 4 rings (SSSR count). The number of anilines is 1. The molecule has 7 heteroatoms. The maximum Gasteiger partial charge on any atom is 0.185 e.